The third kappa shape index (κ3) is 1.40. The van der Waals surface area contributed by atoms with Crippen molar-refractivity contribution in [3.63, 3.8) is 0 Å². The normalized spacial score (nSPS) is 35.4. The maximum atomic E-state index is 11.4. The van der Waals surface area contributed by atoms with E-state index in [1.807, 2.05) is 6.92 Å². The molecule has 0 amide bonds. The molecule has 2 unspecified atom stereocenters. The lowest BCUT2D eigenvalue weighted by atomic mass is 9.88. The van der Waals surface area contributed by atoms with Crippen molar-refractivity contribution in [1.29, 1.82) is 0 Å². The highest BCUT2D eigenvalue weighted by Gasteiger charge is 2.44. The SMILES string of the molecule is CCOC1(C(C)=O)CCCC1C. The summed E-state index contributed by atoms with van der Waals surface area (Å²) in [6.45, 7) is 6.36. The molecule has 0 aliphatic heterocycles. The number of ether oxygens (including phenoxy) is 1. The minimum Gasteiger partial charge on any atom is -0.367 e. The van der Waals surface area contributed by atoms with E-state index in [0.29, 0.717) is 12.5 Å². The highest BCUT2D eigenvalue weighted by atomic mass is 16.5. The first-order valence-corrected chi connectivity index (χ1v) is 4.78. The summed E-state index contributed by atoms with van der Waals surface area (Å²) in [5.74, 6) is 0.601. The fraction of sp³-hybridized carbons (Fsp3) is 0.900. The second-order valence-corrected chi connectivity index (χ2v) is 3.67. The Morgan fingerprint density at radius 1 is 1.67 bits per heavy atom. The van der Waals surface area contributed by atoms with Crippen molar-refractivity contribution in [2.45, 2.75) is 45.6 Å². The minimum absolute atomic E-state index is 0.203. The Labute approximate surface area is 74.3 Å². The predicted octanol–water partition coefficient (Wildman–Crippen LogP) is 2.17. The third-order valence-electron chi connectivity index (χ3n) is 2.98. The van der Waals surface area contributed by atoms with Gasteiger partial charge in [-0.1, -0.05) is 6.92 Å². The number of hydrogen-bond acceptors (Lipinski definition) is 2. The van der Waals surface area contributed by atoms with E-state index in [9.17, 15) is 4.79 Å². The summed E-state index contributed by atoms with van der Waals surface area (Å²) in [6, 6.07) is 0. The second kappa shape index (κ2) is 3.56. The summed E-state index contributed by atoms with van der Waals surface area (Å²) in [7, 11) is 0. The number of hydrogen-bond donors (Lipinski definition) is 0. The number of Topliss-reactive ketones (excluding diaryl/α,β-unsaturated/α-hetero) is 1. The Kier molecular flexibility index (Phi) is 2.89. The van der Waals surface area contributed by atoms with Crippen molar-refractivity contribution in [3.8, 4) is 0 Å². The summed E-state index contributed by atoms with van der Waals surface area (Å²) in [5, 5.41) is 0. The van der Waals surface area contributed by atoms with E-state index in [-0.39, 0.29) is 5.78 Å². The molecule has 2 atom stereocenters. The summed E-state index contributed by atoms with van der Waals surface area (Å²) in [6.07, 6.45) is 3.16. The Morgan fingerprint density at radius 2 is 2.33 bits per heavy atom. The quantitative estimate of drug-likeness (QED) is 0.649. The first-order chi connectivity index (χ1) is 5.63. The zero-order valence-corrected chi connectivity index (χ0v) is 8.22. The lowest BCUT2D eigenvalue weighted by Crippen LogP contribution is -2.42. The van der Waals surface area contributed by atoms with E-state index in [1.165, 1.54) is 0 Å². The van der Waals surface area contributed by atoms with Crippen molar-refractivity contribution in [2.75, 3.05) is 6.61 Å². The van der Waals surface area contributed by atoms with Gasteiger partial charge in [0.05, 0.1) is 0 Å². The third-order valence-corrected chi connectivity index (χ3v) is 2.98. The molecule has 0 bridgehead atoms. The van der Waals surface area contributed by atoms with Gasteiger partial charge >= 0.3 is 0 Å². The van der Waals surface area contributed by atoms with Crippen LogP contribution in [0.2, 0.25) is 0 Å². The van der Waals surface area contributed by atoms with Gasteiger partial charge in [0.15, 0.2) is 5.78 Å². The molecule has 0 radical (unpaired) electrons. The summed E-state index contributed by atoms with van der Waals surface area (Å²) in [4.78, 5) is 11.4. The molecule has 1 rings (SSSR count). The zero-order chi connectivity index (χ0) is 9.19. The van der Waals surface area contributed by atoms with Crippen molar-refractivity contribution in [2.24, 2.45) is 5.92 Å². The van der Waals surface area contributed by atoms with Gasteiger partial charge in [0.25, 0.3) is 0 Å². The number of rotatable bonds is 3. The molecule has 2 nitrogen and oxygen atoms in total. The predicted molar refractivity (Wildman–Crippen MR) is 48.1 cm³/mol. The van der Waals surface area contributed by atoms with Crippen molar-refractivity contribution in [1.82, 2.24) is 0 Å². The average molecular weight is 170 g/mol. The van der Waals surface area contributed by atoms with Crippen LogP contribution in [-0.2, 0) is 9.53 Å². The molecule has 0 aromatic heterocycles. The van der Waals surface area contributed by atoms with Gasteiger partial charge in [-0.05, 0) is 39.0 Å². The van der Waals surface area contributed by atoms with Gasteiger partial charge in [0.2, 0.25) is 0 Å². The Morgan fingerprint density at radius 3 is 2.67 bits per heavy atom. The van der Waals surface area contributed by atoms with Gasteiger partial charge in [-0.25, -0.2) is 0 Å². The topological polar surface area (TPSA) is 26.3 Å². The van der Waals surface area contributed by atoms with Crippen LogP contribution in [0.1, 0.15) is 40.0 Å². The van der Waals surface area contributed by atoms with Gasteiger partial charge in [-0.3, -0.25) is 4.79 Å². The molecule has 1 saturated carbocycles. The van der Waals surface area contributed by atoms with Crippen LogP contribution in [0, 0.1) is 5.92 Å². The molecular weight excluding hydrogens is 152 g/mol. The molecule has 0 aromatic rings. The van der Waals surface area contributed by atoms with E-state index in [4.69, 9.17) is 4.74 Å². The Bertz CT molecular complexity index is 177. The van der Waals surface area contributed by atoms with E-state index in [0.717, 1.165) is 19.3 Å². The maximum Gasteiger partial charge on any atom is 0.161 e. The molecule has 0 aromatic carbocycles. The monoisotopic (exact) mass is 170 g/mol. The highest BCUT2D eigenvalue weighted by molar-refractivity contribution is 5.85. The van der Waals surface area contributed by atoms with E-state index < -0.39 is 5.60 Å². The van der Waals surface area contributed by atoms with Crippen LogP contribution in [0.4, 0.5) is 0 Å². The van der Waals surface area contributed by atoms with E-state index in [2.05, 4.69) is 6.92 Å². The van der Waals surface area contributed by atoms with Crippen molar-refractivity contribution >= 4 is 5.78 Å². The summed E-state index contributed by atoms with van der Waals surface area (Å²) < 4.78 is 5.61. The molecule has 0 heterocycles. The molecule has 0 spiro atoms. The number of carbonyl (C=O) groups is 1. The molecule has 12 heavy (non-hydrogen) atoms. The molecule has 1 aliphatic carbocycles. The second-order valence-electron chi connectivity index (χ2n) is 3.67. The van der Waals surface area contributed by atoms with Crippen LogP contribution in [0.15, 0.2) is 0 Å². The maximum absolute atomic E-state index is 11.4. The van der Waals surface area contributed by atoms with Crippen LogP contribution in [0.25, 0.3) is 0 Å². The van der Waals surface area contributed by atoms with Crippen molar-refractivity contribution in [3.05, 3.63) is 0 Å². The van der Waals surface area contributed by atoms with Gasteiger partial charge in [0, 0.05) is 6.61 Å². The molecule has 0 N–H and O–H groups in total. The van der Waals surface area contributed by atoms with Crippen LogP contribution in [-0.4, -0.2) is 18.0 Å². The molecule has 0 saturated heterocycles. The first kappa shape index (κ1) is 9.72. The van der Waals surface area contributed by atoms with E-state index >= 15 is 0 Å². The fourth-order valence-corrected chi connectivity index (χ4v) is 2.25. The van der Waals surface area contributed by atoms with Crippen LogP contribution in [0.3, 0.4) is 0 Å². The standard InChI is InChI=1S/C10H18O2/c1-4-12-10(9(3)11)7-5-6-8(10)2/h8H,4-7H2,1-3H3. The van der Waals surface area contributed by atoms with Gasteiger partial charge < -0.3 is 4.74 Å². The molecule has 2 heteroatoms. The van der Waals surface area contributed by atoms with Crippen LogP contribution >= 0.6 is 0 Å². The number of carbonyl (C=O) groups excluding carboxylic acids is 1. The highest BCUT2D eigenvalue weighted by Crippen LogP contribution is 2.39. The first-order valence-electron chi connectivity index (χ1n) is 4.78. The zero-order valence-electron chi connectivity index (χ0n) is 8.22. The van der Waals surface area contributed by atoms with Crippen molar-refractivity contribution < 1.29 is 9.53 Å². The van der Waals surface area contributed by atoms with Crippen LogP contribution < -0.4 is 0 Å². The largest absolute Gasteiger partial charge is 0.367 e. The van der Waals surface area contributed by atoms with E-state index in [1.54, 1.807) is 6.92 Å². The minimum atomic E-state index is -0.436. The molecule has 70 valence electrons. The van der Waals surface area contributed by atoms with Gasteiger partial charge in [-0.2, -0.15) is 0 Å². The number of ketones is 1. The lowest BCUT2D eigenvalue weighted by Gasteiger charge is -2.30. The van der Waals surface area contributed by atoms with Crippen LogP contribution in [0.5, 0.6) is 0 Å². The lowest BCUT2D eigenvalue weighted by molar-refractivity contribution is -0.146. The Hall–Kier alpha value is -0.370. The average Bonchev–Trinajstić information content (AvgIpc) is 2.34. The molecule has 1 aliphatic rings. The molecule has 1 fully saturated rings. The summed E-state index contributed by atoms with van der Waals surface area (Å²) >= 11 is 0. The smallest absolute Gasteiger partial charge is 0.161 e. The molecular formula is C10H18O2. The Balaban J connectivity index is 2.77. The van der Waals surface area contributed by atoms with Gasteiger partial charge in [-0.15, -0.1) is 0 Å². The summed E-state index contributed by atoms with van der Waals surface area (Å²) in [5.41, 5.74) is -0.436. The van der Waals surface area contributed by atoms with Gasteiger partial charge in [0.1, 0.15) is 5.60 Å². The fourth-order valence-electron chi connectivity index (χ4n) is 2.25.